The van der Waals surface area contributed by atoms with E-state index in [-0.39, 0.29) is 6.61 Å². The van der Waals surface area contributed by atoms with Crippen molar-refractivity contribution in [3.05, 3.63) is 29.6 Å². The van der Waals surface area contributed by atoms with Crippen molar-refractivity contribution in [2.45, 2.75) is 13.5 Å². The number of aromatic nitrogens is 1. The Morgan fingerprint density at radius 2 is 2.23 bits per heavy atom. The Hall–Kier alpha value is -0.940. The first-order chi connectivity index (χ1) is 5.99. The first-order valence-electron chi connectivity index (χ1n) is 3.73. The van der Waals surface area contributed by atoms with Gasteiger partial charge in [0.2, 0.25) is 0 Å². The van der Waals surface area contributed by atoms with Crippen molar-refractivity contribution in [1.82, 2.24) is 4.98 Å². The van der Waals surface area contributed by atoms with Gasteiger partial charge in [0.05, 0.1) is 12.9 Å². The molecule has 0 aliphatic rings. The first-order valence-corrected chi connectivity index (χ1v) is 5.54. The summed E-state index contributed by atoms with van der Waals surface area (Å²) in [6, 6.07) is 1.81. The SMILES string of the molecule is Cc1ccncc1COS(C)(=O)=O. The summed E-state index contributed by atoms with van der Waals surface area (Å²) in [6.45, 7) is 1.93. The number of pyridine rings is 1. The molecule has 0 aliphatic heterocycles. The Balaban J connectivity index is 2.71. The van der Waals surface area contributed by atoms with E-state index in [4.69, 9.17) is 0 Å². The van der Waals surface area contributed by atoms with Gasteiger partial charge in [-0.3, -0.25) is 9.17 Å². The second kappa shape index (κ2) is 3.85. The van der Waals surface area contributed by atoms with Crippen LogP contribution in [0.4, 0.5) is 0 Å². The molecule has 1 aromatic heterocycles. The minimum Gasteiger partial charge on any atom is -0.265 e. The molecule has 1 aromatic rings. The van der Waals surface area contributed by atoms with Gasteiger partial charge in [-0.15, -0.1) is 0 Å². The van der Waals surface area contributed by atoms with E-state index in [0.717, 1.165) is 17.4 Å². The van der Waals surface area contributed by atoms with Crippen molar-refractivity contribution < 1.29 is 12.6 Å². The van der Waals surface area contributed by atoms with E-state index >= 15 is 0 Å². The highest BCUT2D eigenvalue weighted by molar-refractivity contribution is 7.85. The number of aryl methyl sites for hydroxylation is 1. The van der Waals surface area contributed by atoms with Crippen LogP contribution in [0.25, 0.3) is 0 Å². The molecule has 5 heteroatoms. The smallest absolute Gasteiger partial charge is 0.264 e. The van der Waals surface area contributed by atoms with Gasteiger partial charge in [0.15, 0.2) is 0 Å². The third kappa shape index (κ3) is 3.52. The molecule has 0 aromatic carbocycles. The minimum atomic E-state index is -3.37. The summed E-state index contributed by atoms with van der Waals surface area (Å²) in [5.41, 5.74) is 1.76. The molecule has 0 radical (unpaired) electrons. The molecule has 1 heterocycles. The lowest BCUT2D eigenvalue weighted by atomic mass is 10.2. The van der Waals surface area contributed by atoms with Gasteiger partial charge in [-0.05, 0) is 18.6 Å². The number of hydrogen-bond acceptors (Lipinski definition) is 4. The molecule has 0 saturated heterocycles. The second-order valence-corrected chi connectivity index (χ2v) is 4.41. The molecule has 0 amide bonds. The summed E-state index contributed by atoms with van der Waals surface area (Å²) >= 11 is 0. The first kappa shape index (κ1) is 10.1. The zero-order valence-corrected chi connectivity index (χ0v) is 8.34. The van der Waals surface area contributed by atoms with Gasteiger partial charge in [-0.25, -0.2) is 0 Å². The number of hydrogen-bond donors (Lipinski definition) is 0. The fraction of sp³-hybridized carbons (Fsp3) is 0.375. The van der Waals surface area contributed by atoms with Crippen LogP contribution in [0.2, 0.25) is 0 Å². The van der Waals surface area contributed by atoms with Crippen molar-refractivity contribution in [3.63, 3.8) is 0 Å². The molecule has 0 aliphatic carbocycles. The average molecular weight is 201 g/mol. The molecule has 0 spiro atoms. The molecule has 0 bridgehead atoms. The summed E-state index contributed by atoms with van der Waals surface area (Å²) in [7, 11) is -3.37. The molecular weight excluding hydrogens is 190 g/mol. The van der Waals surface area contributed by atoms with E-state index < -0.39 is 10.1 Å². The highest BCUT2D eigenvalue weighted by Crippen LogP contribution is 2.07. The maximum atomic E-state index is 10.7. The molecule has 4 nitrogen and oxygen atoms in total. The van der Waals surface area contributed by atoms with Crippen molar-refractivity contribution in [2.24, 2.45) is 0 Å². The zero-order valence-electron chi connectivity index (χ0n) is 7.52. The number of rotatable bonds is 3. The fourth-order valence-electron chi connectivity index (χ4n) is 0.818. The molecule has 0 unspecified atom stereocenters. The van der Waals surface area contributed by atoms with Crippen LogP contribution in [0.1, 0.15) is 11.1 Å². The van der Waals surface area contributed by atoms with Crippen LogP contribution in [0.5, 0.6) is 0 Å². The van der Waals surface area contributed by atoms with Crippen LogP contribution in [0.3, 0.4) is 0 Å². The van der Waals surface area contributed by atoms with Crippen molar-refractivity contribution in [2.75, 3.05) is 6.26 Å². The third-order valence-corrected chi connectivity index (χ3v) is 2.12. The molecule has 13 heavy (non-hydrogen) atoms. The molecule has 1 rings (SSSR count). The standard InChI is InChI=1S/C8H11NO3S/c1-7-3-4-9-5-8(7)6-12-13(2,10)11/h3-5H,6H2,1-2H3. The molecule has 0 fully saturated rings. The summed E-state index contributed by atoms with van der Waals surface area (Å²) in [5.74, 6) is 0. The quantitative estimate of drug-likeness (QED) is 0.681. The van der Waals surface area contributed by atoms with Crippen molar-refractivity contribution in [1.29, 1.82) is 0 Å². The van der Waals surface area contributed by atoms with Gasteiger partial charge in [-0.2, -0.15) is 8.42 Å². The van der Waals surface area contributed by atoms with E-state index in [1.165, 1.54) is 0 Å². The summed E-state index contributed by atoms with van der Waals surface area (Å²) < 4.78 is 26.0. The van der Waals surface area contributed by atoms with Gasteiger partial charge < -0.3 is 0 Å². The summed E-state index contributed by atoms with van der Waals surface area (Å²) in [5, 5.41) is 0. The topological polar surface area (TPSA) is 56.3 Å². The van der Waals surface area contributed by atoms with Crippen molar-refractivity contribution in [3.8, 4) is 0 Å². The van der Waals surface area contributed by atoms with Crippen LogP contribution in [0.15, 0.2) is 18.5 Å². The van der Waals surface area contributed by atoms with E-state index in [9.17, 15) is 8.42 Å². The minimum absolute atomic E-state index is 0.0541. The Morgan fingerprint density at radius 3 is 2.77 bits per heavy atom. The van der Waals surface area contributed by atoms with Crippen LogP contribution < -0.4 is 0 Å². The largest absolute Gasteiger partial charge is 0.265 e. The number of nitrogens with zero attached hydrogens (tertiary/aromatic N) is 1. The Kier molecular flexibility index (Phi) is 3.00. The van der Waals surface area contributed by atoms with E-state index in [0.29, 0.717) is 0 Å². The van der Waals surface area contributed by atoms with Gasteiger partial charge in [0.25, 0.3) is 10.1 Å². The predicted molar refractivity (Wildman–Crippen MR) is 48.6 cm³/mol. The monoisotopic (exact) mass is 201 g/mol. The van der Waals surface area contributed by atoms with E-state index in [2.05, 4.69) is 9.17 Å². The lowest BCUT2D eigenvalue weighted by molar-refractivity contribution is 0.310. The zero-order chi connectivity index (χ0) is 9.90. The highest BCUT2D eigenvalue weighted by atomic mass is 32.2. The lowest BCUT2D eigenvalue weighted by Crippen LogP contribution is -2.03. The fourth-order valence-corrected chi connectivity index (χ4v) is 1.16. The van der Waals surface area contributed by atoms with Crippen LogP contribution >= 0.6 is 0 Å². The van der Waals surface area contributed by atoms with Gasteiger partial charge in [-0.1, -0.05) is 0 Å². The molecule has 0 saturated carbocycles. The van der Waals surface area contributed by atoms with Crippen LogP contribution in [-0.2, 0) is 20.9 Å². The van der Waals surface area contributed by atoms with Crippen molar-refractivity contribution >= 4 is 10.1 Å². The summed E-state index contributed by atoms with van der Waals surface area (Å²) in [6.07, 6.45) is 4.28. The Morgan fingerprint density at radius 1 is 1.54 bits per heavy atom. The van der Waals surface area contributed by atoms with Gasteiger partial charge >= 0.3 is 0 Å². The Bertz CT molecular complexity index is 386. The predicted octanol–water partition coefficient (Wildman–Crippen LogP) is 0.866. The highest BCUT2D eigenvalue weighted by Gasteiger charge is 2.04. The maximum absolute atomic E-state index is 10.7. The molecule has 0 atom stereocenters. The lowest BCUT2D eigenvalue weighted by Gasteiger charge is -2.03. The summed E-state index contributed by atoms with van der Waals surface area (Å²) in [4.78, 5) is 3.87. The van der Waals surface area contributed by atoms with E-state index in [1.54, 1.807) is 18.5 Å². The van der Waals surface area contributed by atoms with E-state index in [1.807, 2.05) is 6.92 Å². The van der Waals surface area contributed by atoms with Gasteiger partial charge in [0, 0.05) is 18.0 Å². The third-order valence-electron chi connectivity index (χ3n) is 1.58. The van der Waals surface area contributed by atoms with Crippen LogP contribution in [-0.4, -0.2) is 19.7 Å². The average Bonchev–Trinajstić information content (AvgIpc) is 2.01. The van der Waals surface area contributed by atoms with Crippen LogP contribution in [0, 0.1) is 6.92 Å². The Labute approximate surface area is 77.7 Å². The molecule has 72 valence electrons. The second-order valence-electron chi connectivity index (χ2n) is 2.77. The van der Waals surface area contributed by atoms with Gasteiger partial charge in [0.1, 0.15) is 0 Å². The maximum Gasteiger partial charge on any atom is 0.264 e. The molecule has 0 N–H and O–H groups in total. The molecular formula is C8H11NO3S. The normalized spacial score (nSPS) is 11.5.